The minimum atomic E-state index is 0.371. The first-order chi connectivity index (χ1) is 11.7. The highest BCUT2D eigenvalue weighted by Crippen LogP contribution is 2.11. The third kappa shape index (κ3) is 5.99. The Morgan fingerprint density at radius 1 is 1.25 bits per heavy atom. The number of ether oxygens (including phenoxy) is 1. The topological polar surface area (TPSA) is 58.8 Å². The van der Waals surface area contributed by atoms with Gasteiger partial charge in [0.2, 0.25) is 0 Å². The molecule has 0 radical (unpaired) electrons. The minimum absolute atomic E-state index is 0.371. The summed E-state index contributed by atoms with van der Waals surface area (Å²) in [6.45, 7) is 5.70. The van der Waals surface area contributed by atoms with Gasteiger partial charge >= 0.3 is 0 Å². The molecule has 5 heteroatoms. The largest absolute Gasteiger partial charge is 0.497 e. The van der Waals surface area contributed by atoms with Gasteiger partial charge in [0, 0.05) is 19.0 Å². The molecule has 1 aromatic carbocycles. The van der Waals surface area contributed by atoms with Crippen molar-refractivity contribution in [3.8, 4) is 5.75 Å². The zero-order chi connectivity index (χ0) is 17.2. The molecular weight excluding hydrogens is 302 g/mol. The first-order valence-electron chi connectivity index (χ1n) is 8.41. The van der Waals surface area contributed by atoms with E-state index >= 15 is 0 Å². The summed E-state index contributed by atoms with van der Waals surface area (Å²) < 4.78 is 10.5. The molecule has 1 atom stereocenters. The van der Waals surface area contributed by atoms with Crippen molar-refractivity contribution in [3.05, 3.63) is 54.0 Å². The summed E-state index contributed by atoms with van der Waals surface area (Å²) in [5.74, 6) is 2.66. The van der Waals surface area contributed by atoms with Crippen LogP contribution in [0.25, 0.3) is 0 Å². The molecule has 130 valence electrons. The van der Waals surface area contributed by atoms with Crippen molar-refractivity contribution in [2.45, 2.75) is 39.3 Å². The number of nitrogens with zero attached hydrogens (tertiary/aromatic N) is 1. The normalized spacial score (nSPS) is 12.7. The highest BCUT2D eigenvalue weighted by Gasteiger charge is 2.04. The smallest absolute Gasteiger partial charge is 0.191 e. The summed E-state index contributed by atoms with van der Waals surface area (Å²) in [6.07, 6.45) is 3.57. The molecule has 2 aromatic rings. The van der Waals surface area contributed by atoms with E-state index in [-0.39, 0.29) is 0 Å². The molecule has 0 amide bonds. The quantitative estimate of drug-likeness (QED) is 0.576. The Bertz CT molecular complexity index is 606. The van der Waals surface area contributed by atoms with Gasteiger partial charge in [0.15, 0.2) is 5.96 Å². The summed E-state index contributed by atoms with van der Waals surface area (Å²) in [6, 6.07) is 12.2. The van der Waals surface area contributed by atoms with Gasteiger partial charge in [-0.2, -0.15) is 0 Å². The van der Waals surface area contributed by atoms with Gasteiger partial charge in [-0.1, -0.05) is 19.1 Å². The van der Waals surface area contributed by atoms with E-state index in [0.717, 1.165) is 42.4 Å². The van der Waals surface area contributed by atoms with E-state index in [2.05, 4.69) is 29.5 Å². The molecular formula is C19H27N3O2. The number of hydrogen-bond donors (Lipinski definition) is 2. The average Bonchev–Trinajstić information content (AvgIpc) is 3.13. The number of benzene rings is 1. The number of aliphatic imine (C=N–C) groups is 1. The van der Waals surface area contributed by atoms with Crippen LogP contribution < -0.4 is 15.4 Å². The maximum atomic E-state index is 5.36. The molecule has 24 heavy (non-hydrogen) atoms. The van der Waals surface area contributed by atoms with Gasteiger partial charge in [0.05, 0.1) is 19.9 Å². The van der Waals surface area contributed by atoms with E-state index in [0.29, 0.717) is 12.6 Å². The third-order valence-corrected chi connectivity index (χ3v) is 3.82. The molecule has 0 saturated heterocycles. The summed E-state index contributed by atoms with van der Waals surface area (Å²) in [5.41, 5.74) is 1.15. The number of rotatable bonds is 8. The van der Waals surface area contributed by atoms with Gasteiger partial charge in [-0.05, 0) is 43.2 Å². The van der Waals surface area contributed by atoms with Gasteiger partial charge in [-0.15, -0.1) is 0 Å². The van der Waals surface area contributed by atoms with Crippen molar-refractivity contribution in [2.24, 2.45) is 4.99 Å². The monoisotopic (exact) mass is 329 g/mol. The van der Waals surface area contributed by atoms with Gasteiger partial charge in [-0.25, -0.2) is 4.99 Å². The second-order valence-corrected chi connectivity index (χ2v) is 5.72. The molecule has 0 aliphatic heterocycles. The highest BCUT2D eigenvalue weighted by atomic mass is 16.5. The van der Waals surface area contributed by atoms with Crippen LogP contribution in [-0.2, 0) is 13.0 Å². The molecule has 0 fully saturated rings. The van der Waals surface area contributed by atoms with Crippen LogP contribution in [0.3, 0.4) is 0 Å². The van der Waals surface area contributed by atoms with Crippen LogP contribution in [0.1, 0.15) is 31.6 Å². The standard InChI is InChI=1S/C19H27N3O2/c1-4-15(2)22-19(20-12-11-18-6-5-13-24-18)21-14-16-7-9-17(23-3)10-8-16/h5-10,13,15H,4,11-12,14H2,1-3H3,(H2,20,21,22). The Labute approximate surface area is 144 Å². The van der Waals surface area contributed by atoms with Gasteiger partial charge in [0.25, 0.3) is 0 Å². The maximum Gasteiger partial charge on any atom is 0.191 e. The van der Waals surface area contributed by atoms with E-state index in [1.165, 1.54) is 0 Å². The molecule has 0 bridgehead atoms. The predicted octanol–water partition coefficient (Wildman–Crippen LogP) is 3.36. The molecule has 1 heterocycles. The average molecular weight is 329 g/mol. The number of furan rings is 1. The fraction of sp³-hybridized carbons (Fsp3) is 0.421. The number of methoxy groups -OCH3 is 1. The minimum Gasteiger partial charge on any atom is -0.497 e. The van der Waals surface area contributed by atoms with Crippen LogP contribution in [0.15, 0.2) is 52.1 Å². The van der Waals surface area contributed by atoms with Gasteiger partial charge < -0.3 is 19.8 Å². The summed E-state index contributed by atoms with van der Waals surface area (Å²) in [7, 11) is 1.67. The Kier molecular flexibility index (Phi) is 7.21. The van der Waals surface area contributed by atoms with E-state index in [1.54, 1.807) is 13.4 Å². The van der Waals surface area contributed by atoms with Crippen molar-refractivity contribution >= 4 is 5.96 Å². The summed E-state index contributed by atoms with van der Waals surface area (Å²) in [5, 5.41) is 6.79. The zero-order valence-electron chi connectivity index (χ0n) is 14.7. The lowest BCUT2D eigenvalue weighted by molar-refractivity contribution is 0.414. The van der Waals surface area contributed by atoms with Gasteiger partial charge in [-0.3, -0.25) is 0 Å². The lowest BCUT2D eigenvalue weighted by atomic mass is 10.2. The second kappa shape index (κ2) is 9.65. The molecule has 0 aliphatic rings. The molecule has 0 saturated carbocycles. The Balaban J connectivity index is 1.92. The molecule has 1 unspecified atom stereocenters. The Morgan fingerprint density at radius 3 is 2.67 bits per heavy atom. The fourth-order valence-corrected chi connectivity index (χ4v) is 2.15. The molecule has 0 aliphatic carbocycles. The van der Waals surface area contributed by atoms with Crippen LogP contribution >= 0.6 is 0 Å². The molecule has 2 rings (SSSR count). The number of hydrogen-bond acceptors (Lipinski definition) is 3. The third-order valence-electron chi connectivity index (χ3n) is 3.82. The zero-order valence-corrected chi connectivity index (χ0v) is 14.7. The lowest BCUT2D eigenvalue weighted by Gasteiger charge is -2.17. The van der Waals surface area contributed by atoms with Crippen LogP contribution in [0.4, 0.5) is 0 Å². The van der Waals surface area contributed by atoms with Crippen LogP contribution in [0.2, 0.25) is 0 Å². The van der Waals surface area contributed by atoms with Crippen LogP contribution in [0.5, 0.6) is 5.75 Å². The van der Waals surface area contributed by atoms with E-state index in [4.69, 9.17) is 9.15 Å². The number of guanidine groups is 1. The number of nitrogens with one attached hydrogen (secondary N) is 2. The van der Waals surface area contributed by atoms with Crippen molar-refractivity contribution in [1.82, 2.24) is 10.6 Å². The van der Waals surface area contributed by atoms with E-state index in [1.807, 2.05) is 36.4 Å². The maximum absolute atomic E-state index is 5.36. The first kappa shape index (κ1) is 17.9. The van der Waals surface area contributed by atoms with Crippen molar-refractivity contribution in [1.29, 1.82) is 0 Å². The molecule has 1 aromatic heterocycles. The van der Waals surface area contributed by atoms with E-state index < -0.39 is 0 Å². The molecule has 5 nitrogen and oxygen atoms in total. The molecule has 0 spiro atoms. The van der Waals surface area contributed by atoms with Crippen LogP contribution in [0, 0.1) is 0 Å². The van der Waals surface area contributed by atoms with Crippen molar-refractivity contribution in [2.75, 3.05) is 13.7 Å². The second-order valence-electron chi connectivity index (χ2n) is 5.72. The fourth-order valence-electron chi connectivity index (χ4n) is 2.15. The van der Waals surface area contributed by atoms with Crippen LogP contribution in [-0.4, -0.2) is 25.7 Å². The predicted molar refractivity (Wildman–Crippen MR) is 97.4 cm³/mol. The lowest BCUT2D eigenvalue weighted by Crippen LogP contribution is -2.42. The van der Waals surface area contributed by atoms with Crippen molar-refractivity contribution < 1.29 is 9.15 Å². The Hall–Kier alpha value is -2.43. The SMILES string of the molecule is CCC(C)NC(=NCc1ccc(OC)cc1)NCCc1ccco1. The first-order valence-corrected chi connectivity index (χ1v) is 8.41. The highest BCUT2D eigenvalue weighted by molar-refractivity contribution is 5.80. The van der Waals surface area contributed by atoms with E-state index in [9.17, 15) is 0 Å². The van der Waals surface area contributed by atoms with Gasteiger partial charge in [0.1, 0.15) is 11.5 Å². The summed E-state index contributed by atoms with van der Waals surface area (Å²) >= 11 is 0. The molecule has 2 N–H and O–H groups in total. The summed E-state index contributed by atoms with van der Waals surface area (Å²) in [4.78, 5) is 4.68. The van der Waals surface area contributed by atoms with Crippen molar-refractivity contribution in [3.63, 3.8) is 0 Å². The Morgan fingerprint density at radius 2 is 2.04 bits per heavy atom.